The van der Waals surface area contributed by atoms with Gasteiger partial charge in [-0.05, 0) is 17.7 Å². The zero-order valence-electron chi connectivity index (χ0n) is 10.0. The Balaban J connectivity index is 2.45. The van der Waals surface area contributed by atoms with Gasteiger partial charge < -0.3 is 4.74 Å². The maximum atomic E-state index is 13.0. The van der Waals surface area contributed by atoms with Gasteiger partial charge in [-0.25, -0.2) is 0 Å². The van der Waals surface area contributed by atoms with Gasteiger partial charge in [-0.2, -0.15) is 13.2 Å². The average molecular weight is 304 g/mol. The molecule has 1 aromatic heterocycles. The highest BCUT2D eigenvalue weighted by Gasteiger charge is 2.41. The summed E-state index contributed by atoms with van der Waals surface area (Å²) in [4.78, 5) is 14.0. The lowest BCUT2D eigenvalue weighted by molar-refractivity contribution is -0.164. The summed E-state index contributed by atoms with van der Waals surface area (Å²) in [6.07, 6.45) is -3.43. The Morgan fingerprint density at radius 2 is 2.15 bits per heavy atom. The van der Waals surface area contributed by atoms with E-state index >= 15 is 0 Å². The largest absolute Gasteiger partial charge is 0.467 e. The number of carbonyl (C=O) groups excluding carboxylic acids is 1. The Hall–Kier alpha value is -1.82. The van der Waals surface area contributed by atoms with Crippen LogP contribution in [0.3, 0.4) is 0 Å². The molecule has 20 heavy (non-hydrogen) atoms. The molecule has 0 radical (unpaired) electrons. The number of hydrogen-bond acceptors (Lipinski definition) is 3. The van der Waals surface area contributed by atoms with Crippen LogP contribution in [0, 0.1) is 0 Å². The number of benzene rings is 1. The second kappa shape index (κ2) is 5.66. The number of alkyl halides is 3. The number of nitrogens with zero attached hydrogens (tertiary/aromatic N) is 1. The molecule has 7 heteroatoms. The monoisotopic (exact) mass is 303 g/mol. The van der Waals surface area contributed by atoms with Gasteiger partial charge in [0.1, 0.15) is 12.5 Å². The van der Waals surface area contributed by atoms with E-state index in [1.807, 2.05) is 0 Å². The van der Waals surface area contributed by atoms with Crippen molar-refractivity contribution in [3.8, 4) is 0 Å². The number of ether oxygens (including phenoxy) is 1. The molecule has 3 nitrogen and oxygen atoms in total. The van der Waals surface area contributed by atoms with Gasteiger partial charge in [-0.3, -0.25) is 9.78 Å². The van der Waals surface area contributed by atoms with Crippen molar-refractivity contribution in [1.82, 2.24) is 4.98 Å². The summed E-state index contributed by atoms with van der Waals surface area (Å²) in [5, 5.41) is 0.858. The van der Waals surface area contributed by atoms with Crippen molar-refractivity contribution in [3.63, 3.8) is 0 Å². The molecule has 0 N–H and O–H groups in total. The number of para-hydroxylation sites is 1. The van der Waals surface area contributed by atoms with Crippen LogP contribution in [0.2, 0.25) is 5.02 Å². The number of carbonyl (C=O) groups is 1. The van der Waals surface area contributed by atoms with Crippen LogP contribution in [0.5, 0.6) is 0 Å². The van der Waals surface area contributed by atoms with E-state index < -0.39 is 18.7 Å². The fraction of sp³-hybridized carbons (Fsp3) is 0.231. The highest BCUT2D eigenvalue weighted by atomic mass is 35.5. The van der Waals surface area contributed by atoms with E-state index in [1.165, 1.54) is 6.07 Å². The zero-order chi connectivity index (χ0) is 14.8. The fourth-order valence-electron chi connectivity index (χ4n) is 1.85. The predicted octanol–water partition coefficient (Wildman–Crippen LogP) is 3.71. The number of hydrogen-bond donors (Lipinski definition) is 0. The molecular formula is C13H9ClF3NO2. The Morgan fingerprint density at radius 3 is 2.80 bits per heavy atom. The number of fused-ring (bicyclic) bond motifs is 1. The normalized spacial score (nSPS) is 13.2. The van der Waals surface area contributed by atoms with Crippen LogP contribution in [0.1, 0.15) is 11.5 Å². The number of pyridine rings is 1. The Kier molecular flexibility index (Phi) is 4.13. The summed E-state index contributed by atoms with van der Waals surface area (Å²) < 4.78 is 43.1. The van der Waals surface area contributed by atoms with Crippen molar-refractivity contribution in [1.29, 1.82) is 0 Å². The van der Waals surface area contributed by atoms with Gasteiger partial charge in [0.2, 0.25) is 0 Å². The maximum absolute atomic E-state index is 13.0. The third kappa shape index (κ3) is 3.01. The second-order valence-corrected chi connectivity index (χ2v) is 4.51. The maximum Gasteiger partial charge on any atom is 0.399 e. The smallest absolute Gasteiger partial charge is 0.399 e. The van der Waals surface area contributed by atoms with Gasteiger partial charge in [0.15, 0.2) is 0 Å². The number of rotatable bonds is 4. The van der Waals surface area contributed by atoms with Crippen molar-refractivity contribution in [2.45, 2.75) is 12.1 Å². The third-order valence-electron chi connectivity index (χ3n) is 2.81. The minimum absolute atomic E-state index is 0.00984. The van der Waals surface area contributed by atoms with Crippen molar-refractivity contribution >= 4 is 29.0 Å². The summed E-state index contributed by atoms with van der Waals surface area (Å²) in [7, 11) is 0. The quantitative estimate of drug-likeness (QED) is 0.808. The molecule has 0 aliphatic carbocycles. The van der Waals surface area contributed by atoms with Crippen molar-refractivity contribution in [2.24, 2.45) is 0 Å². The van der Waals surface area contributed by atoms with Crippen LogP contribution in [0.25, 0.3) is 10.9 Å². The summed E-state index contributed by atoms with van der Waals surface area (Å²) in [6.45, 7) is -0.787. The van der Waals surface area contributed by atoms with Crippen LogP contribution in [0.15, 0.2) is 30.5 Å². The molecule has 2 aromatic rings. The first-order chi connectivity index (χ1) is 9.43. The highest BCUT2D eigenvalue weighted by Crippen LogP contribution is 2.36. The van der Waals surface area contributed by atoms with Crippen LogP contribution in [-0.4, -0.2) is 24.2 Å². The first-order valence-corrected chi connectivity index (χ1v) is 5.97. The predicted molar refractivity (Wildman–Crippen MR) is 67.6 cm³/mol. The zero-order valence-corrected chi connectivity index (χ0v) is 10.8. The van der Waals surface area contributed by atoms with Crippen molar-refractivity contribution in [2.75, 3.05) is 6.61 Å². The standard InChI is InChI=1S/C13H9ClF3NO2/c14-11-3-1-2-8-4-9(5-18-12(8)11)10(6-20-7-19)13(15,16)17/h1-5,7,10H,6H2. The SMILES string of the molecule is O=COCC(c1cnc2c(Cl)cccc2c1)C(F)(F)F. The lowest BCUT2D eigenvalue weighted by Crippen LogP contribution is -2.25. The van der Waals surface area contributed by atoms with Gasteiger partial charge in [0, 0.05) is 11.6 Å². The summed E-state index contributed by atoms with van der Waals surface area (Å²) in [5.41, 5.74) is 0.351. The van der Waals surface area contributed by atoms with Crippen LogP contribution < -0.4 is 0 Å². The summed E-state index contributed by atoms with van der Waals surface area (Å²) in [5.74, 6) is -1.91. The molecule has 0 amide bonds. The van der Waals surface area contributed by atoms with E-state index in [0.29, 0.717) is 15.9 Å². The molecule has 106 valence electrons. The molecule has 0 aliphatic heterocycles. The molecular weight excluding hydrogens is 295 g/mol. The highest BCUT2D eigenvalue weighted by molar-refractivity contribution is 6.35. The molecule has 1 aromatic carbocycles. The Morgan fingerprint density at radius 1 is 1.40 bits per heavy atom. The minimum atomic E-state index is -4.53. The van der Waals surface area contributed by atoms with Gasteiger partial charge in [-0.1, -0.05) is 23.7 Å². The van der Waals surface area contributed by atoms with Crippen molar-refractivity contribution < 1.29 is 22.7 Å². The molecule has 0 saturated carbocycles. The van der Waals surface area contributed by atoms with Crippen LogP contribution in [0.4, 0.5) is 13.2 Å². The van der Waals surface area contributed by atoms with Gasteiger partial charge in [0.25, 0.3) is 6.47 Å². The second-order valence-electron chi connectivity index (χ2n) is 4.10. The summed E-state index contributed by atoms with van der Waals surface area (Å²) in [6, 6.07) is 6.19. The third-order valence-corrected chi connectivity index (χ3v) is 3.12. The van der Waals surface area contributed by atoms with Gasteiger partial charge in [-0.15, -0.1) is 0 Å². The fourth-order valence-corrected chi connectivity index (χ4v) is 2.08. The van der Waals surface area contributed by atoms with Crippen LogP contribution in [-0.2, 0) is 9.53 Å². The first-order valence-electron chi connectivity index (χ1n) is 5.59. The van der Waals surface area contributed by atoms with E-state index in [4.69, 9.17) is 11.6 Å². The molecule has 0 aliphatic rings. The van der Waals surface area contributed by atoms with E-state index in [9.17, 15) is 18.0 Å². The lowest BCUT2D eigenvalue weighted by Gasteiger charge is -2.19. The first kappa shape index (κ1) is 14.6. The minimum Gasteiger partial charge on any atom is -0.467 e. The Bertz CT molecular complexity index is 631. The number of aromatic nitrogens is 1. The molecule has 0 saturated heterocycles. The Labute approximate surface area is 117 Å². The topological polar surface area (TPSA) is 39.2 Å². The molecule has 1 atom stereocenters. The van der Waals surface area contributed by atoms with E-state index in [-0.39, 0.29) is 12.0 Å². The number of halogens is 4. The molecule has 2 rings (SSSR count). The lowest BCUT2D eigenvalue weighted by atomic mass is 9.99. The van der Waals surface area contributed by atoms with Crippen molar-refractivity contribution in [3.05, 3.63) is 41.0 Å². The molecule has 1 unspecified atom stereocenters. The summed E-state index contributed by atoms with van der Waals surface area (Å²) >= 11 is 5.91. The van der Waals surface area contributed by atoms with E-state index in [0.717, 1.165) is 6.20 Å². The molecule has 1 heterocycles. The molecule has 0 spiro atoms. The van der Waals surface area contributed by atoms with Gasteiger partial charge >= 0.3 is 6.18 Å². The van der Waals surface area contributed by atoms with Gasteiger partial charge in [0.05, 0.1) is 10.5 Å². The van der Waals surface area contributed by atoms with Crippen LogP contribution >= 0.6 is 11.6 Å². The average Bonchev–Trinajstić information content (AvgIpc) is 2.38. The van der Waals surface area contributed by atoms with E-state index in [2.05, 4.69) is 9.72 Å². The molecule has 0 fully saturated rings. The molecule has 0 bridgehead atoms. The van der Waals surface area contributed by atoms with E-state index in [1.54, 1.807) is 18.2 Å².